The number of carbonyl (C=O) groups is 1. The van der Waals surface area contributed by atoms with Crippen LogP contribution in [0.15, 0.2) is 23.1 Å². The molecule has 4 nitrogen and oxygen atoms in total. The van der Waals surface area contributed by atoms with E-state index in [4.69, 9.17) is 10.7 Å². The van der Waals surface area contributed by atoms with Gasteiger partial charge < -0.3 is 4.90 Å². The van der Waals surface area contributed by atoms with Crippen LogP contribution in [-0.4, -0.2) is 32.8 Å². The predicted molar refractivity (Wildman–Crippen MR) is 66.7 cm³/mol. The largest absolute Gasteiger partial charge is 0.342 e. The van der Waals surface area contributed by atoms with E-state index in [0.29, 0.717) is 6.54 Å². The summed E-state index contributed by atoms with van der Waals surface area (Å²) in [6.07, 6.45) is 0.748. The van der Waals surface area contributed by atoms with Crippen LogP contribution < -0.4 is 0 Å². The fourth-order valence-corrected chi connectivity index (χ4v) is 2.23. The van der Waals surface area contributed by atoms with Gasteiger partial charge in [0.05, 0.1) is 10.5 Å². The first kappa shape index (κ1) is 14.9. The van der Waals surface area contributed by atoms with Gasteiger partial charge in [0.15, 0.2) is 0 Å². The molecule has 1 aromatic carbocycles. The van der Waals surface area contributed by atoms with E-state index in [1.807, 2.05) is 6.92 Å². The molecule has 1 rings (SSSR count). The lowest BCUT2D eigenvalue weighted by Gasteiger charge is -2.16. The zero-order valence-electron chi connectivity index (χ0n) is 9.98. The number of halogens is 2. The maximum absolute atomic E-state index is 13.7. The highest BCUT2D eigenvalue weighted by Crippen LogP contribution is 2.19. The molecule has 0 spiro atoms. The molecular weight excluding hydrogens is 281 g/mol. The molecule has 1 aromatic rings. The van der Waals surface area contributed by atoms with E-state index in [9.17, 15) is 17.6 Å². The van der Waals surface area contributed by atoms with Crippen molar-refractivity contribution >= 4 is 25.6 Å². The summed E-state index contributed by atoms with van der Waals surface area (Å²) in [7, 11) is 2.65. The van der Waals surface area contributed by atoms with Crippen molar-refractivity contribution in [2.45, 2.75) is 18.2 Å². The van der Waals surface area contributed by atoms with Crippen LogP contribution in [0.25, 0.3) is 0 Å². The van der Waals surface area contributed by atoms with E-state index >= 15 is 0 Å². The number of carbonyl (C=O) groups excluding carboxylic acids is 1. The van der Waals surface area contributed by atoms with Crippen molar-refractivity contribution in [2.24, 2.45) is 0 Å². The summed E-state index contributed by atoms with van der Waals surface area (Å²) < 4.78 is 35.7. The fraction of sp³-hybridized carbons (Fsp3) is 0.364. The molecule has 0 saturated heterocycles. The maximum Gasteiger partial charge on any atom is 0.261 e. The molecule has 18 heavy (non-hydrogen) atoms. The Morgan fingerprint density at radius 3 is 2.50 bits per heavy atom. The maximum atomic E-state index is 13.7. The lowest BCUT2D eigenvalue weighted by atomic mass is 10.2. The van der Waals surface area contributed by atoms with Gasteiger partial charge in [-0.1, -0.05) is 6.92 Å². The Labute approximate surface area is 110 Å². The third-order valence-corrected chi connectivity index (χ3v) is 3.71. The summed E-state index contributed by atoms with van der Waals surface area (Å²) in [5.74, 6) is -1.39. The highest BCUT2D eigenvalue weighted by atomic mass is 35.7. The van der Waals surface area contributed by atoms with E-state index in [0.717, 1.165) is 24.6 Å². The second kappa shape index (κ2) is 5.67. The molecule has 0 heterocycles. The Morgan fingerprint density at radius 1 is 1.44 bits per heavy atom. The molecule has 0 fully saturated rings. The van der Waals surface area contributed by atoms with E-state index in [1.54, 1.807) is 7.05 Å². The van der Waals surface area contributed by atoms with Crippen LogP contribution in [0.2, 0.25) is 0 Å². The molecular formula is C11H13ClFNO3S. The van der Waals surface area contributed by atoms with Crippen LogP contribution >= 0.6 is 10.7 Å². The van der Waals surface area contributed by atoms with Crippen LogP contribution in [0.4, 0.5) is 4.39 Å². The molecule has 0 aliphatic rings. The Morgan fingerprint density at radius 2 is 2.06 bits per heavy atom. The minimum Gasteiger partial charge on any atom is -0.342 e. The number of nitrogens with zero attached hydrogens (tertiary/aromatic N) is 1. The third kappa shape index (κ3) is 3.43. The minimum absolute atomic E-state index is 0.171. The number of hydrogen-bond donors (Lipinski definition) is 0. The van der Waals surface area contributed by atoms with Gasteiger partial charge in [-0.25, -0.2) is 12.8 Å². The Bertz CT molecular complexity index is 559. The van der Waals surface area contributed by atoms with Crippen molar-refractivity contribution < 1.29 is 17.6 Å². The highest BCUT2D eigenvalue weighted by Gasteiger charge is 2.19. The minimum atomic E-state index is -3.99. The average molecular weight is 294 g/mol. The predicted octanol–water partition coefficient (Wildman–Crippen LogP) is 2.24. The molecule has 0 aliphatic heterocycles. The fourth-order valence-electron chi connectivity index (χ4n) is 1.46. The molecule has 0 unspecified atom stereocenters. The van der Waals surface area contributed by atoms with Crippen LogP contribution in [0.1, 0.15) is 23.7 Å². The van der Waals surface area contributed by atoms with Gasteiger partial charge in [0, 0.05) is 24.3 Å². The molecule has 0 radical (unpaired) electrons. The van der Waals surface area contributed by atoms with Crippen LogP contribution in [0, 0.1) is 5.82 Å². The molecule has 0 aliphatic carbocycles. The van der Waals surface area contributed by atoms with Crippen molar-refractivity contribution in [3.05, 3.63) is 29.6 Å². The standard InChI is InChI=1S/C11H13ClFNO3S/c1-3-6-14(2)11(15)9-5-4-8(7-10(9)13)18(12,16)17/h4-5,7H,3,6H2,1-2H3. The molecule has 1 amide bonds. The van der Waals surface area contributed by atoms with Gasteiger partial charge >= 0.3 is 0 Å². The summed E-state index contributed by atoms with van der Waals surface area (Å²) >= 11 is 0. The number of amides is 1. The summed E-state index contributed by atoms with van der Waals surface area (Å²) in [5, 5.41) is 0. The van der Waals surface area contributed by atoms with Gasteiger partial charge in [-0.05, 0) is 24.6 Å². The van der Waals surface area contributed by atoms with Gasteiger partial charge in [0.25, 0.3) is 15.0 Å². The summed E-state index contributed by atoms with van der Waals surface area (Å²) in [4.78, 5) is 12.8. The number of rotatable bonds is 4. The van der Waals surface area contributed by atoms with Crippen molar-refractivity contribution in [3.8, 4) is 0 Å². The SMILES string of the molecule is CCCN(C)C(=O)c1ccc(S(=O)(=O)Cl)cc1F. The first-order valence-electron chi connectivity index (χ1n) is 5.27. The van der Waals surface area contributed by atoms with Crippen LogP contribution in [-0.2, 0) is 9.05 Å². The van der Waals surface area contributed by atoms with E-state index < -0.39 is 20.8 Å². The van der Waals surface area contributed by atoms with E-state index in [1.165, 1.54) is 4.90 Å². The van der Waals surface area contributed by atoms with Gasteiger partial charge in [-0.2, -0.15) is 0 Å². The third-order valence-electron chi connectivity index (χ3n) is 2.36. The van der Waals surface area contributed by atoms with Gasteiger partial charge in [-0.15, -0.1) is 0 Å². The summed E-state index contributed by atoms with van der Waals surface area (Å²) in [6.45, 7) is 2.39. The molecule has 100 valence electrons. The molecule has 0 bridgehead atoms. The Hall–Kier alpha value is -1.14. The van der Waals surface area contributed by atoms with Crippen LogP contribution in [0.3, 0.4) is 0 Å². The lowest BCUT2D eigenvalue weighted by Crippen LogP contribution is -2.28. The monoisotopic (exact) mass is 293 g/mol. The first-order chi connectivity index (χ1) is 8.27. The quantitative estimate of drug-likeness (QED) is 0.800. The zero-order valence-corrected chi connectivity index (χ0v) is 11.6. The number of hydrogen-bond acceptors (Lipinski definition) is 3. The van der Waals surface area contributed by atoms with Crippen molar-refractivity contribution in [2.75, 3.05) is 13.6 Å². The molecule has 0 atom stereocenters. The summed E-state index contributed by atoms with van der Waals surface area (Å²) in [6, 6.07) is 2.98. The van der Waals surface area contributed by atoms with E-state index in [2.05, 4.69) is 0 Å². The van der Waals surface area contributed by atoms with Gasteiger partial charge in [-0.3, -0.25) is 4.79 Å². The highest BCUT2D eigenvalue weighted by molar-refractivity contribution is 8.13. The van der Waals surface area contributed by atoms with E-state index in [-0.39, 0.29) is 10.5 Å². The molecule has 0 aromatic heterocycles. The Balaban J connectivity index is 3.10. The zero-order chi connectivity index (χ0) is 13.9. The first-order valence-corrected chi connectivity index (χ1v) is 7.58. The normalized spacial score (nSPS) is 11.3. The van der Waals surface area contributed by atoms with Gasteiger partial charge in [0.2, 0.25) is 0 Å². The topological polar surface area (TPSA) is 54.5 Å². The summed E-state index contributed by atoms with van der Waals surface area (Å²) in [5.41, 5.74) is -0.171. The van der Waals surface area contributed by atoms with Crippen molar-refractivity contribution in [3.63, 3.8) is 0 Å². The Kier molecular flexibility index (Phi) is 4.70. The van der Waals surface area contributed by atoms with Crippen molar-refractivity contribution in [1.82, 2.24) is 4.90 Å². The second-order valence-electron chi connectivity index (χ2n) is 3.81. The smallest absolute Gasteiger partial charge is 0.261 e. The van der Waals surface area contributed by atoms with Crippen molar-refractivity contribution in [1.29, 1.82) is 0 Å². The molecule has 0 saturated carbocycles. The average Bonchev–Trinajstić information content (AvgIpc) is 2.27. The number of benzene rings is 1. The van der Waals surface area contributed by atoms with Gasteiger partial charge in [0.1, 0.15) is 5.82 Å². The molecule has 0 N–H and O–H groups in total. The second-order valence-corrected chi connectivity index (χ2v) is 6.37. The lowest BCUT2D eigenvalue weighted by molar-refractivity contribution is 0.0790. The molecule has 7 heteroatoms. The van der Waals surface area contributed by atoms with Crippen LogP contribution in [0.5, 0.6) is 0 Å².